The summed E-state index contributed by atoms with van der Waals surface area (Å²) in [5.41, 5.74) is 4.60. The molecule has 29 heavy (non-hydrogen) atoms. The molecule has 2 rings (SSSR count). The van der Waals surface area contributed by atoms with Crippen LogP contribution in [0.15, 0.2) is 47.6 Å². The molecule has 0 radical (unpaired) electrons. The summed E-state index contributed by atoms with van der Waals surface area (Å²) in [6.45, 7) is 2.06. The maximum absolute atomic E-state index is 12.1. The van der Waals surface area contributed by atoms with Crippen molar-refractivity contribution in [2.24, 2.45) is 5.10 Å². The van der Waals surface area contributed by atoms with Crippen molar-refractivity contribution in [1.82, 2.24) is 5.43 Å². The number of carbonyl (C=O) groups excluding carboxylic acids is 2. The number of benzene rings is 2. The molecule has 0 saturated carbocycles. The lowest BCUT2D eigenvalue weighted by Gasteiger charge is -2.11. The van der Waals surface area contributed by atoms with Crippen molar-refractivity contribution in [1.29, 1.82) is 0 Å². The van der Waals surface area contributed by atoms with Crippen molar-refractivity contribution in [3.05, 3.63) is 53.6 Å². The maximum atomic E-state index is 12.1. The number of hydrogen-bond acceptors (Lipinski definition) is 5. The highest BCUT2D eigenvalue weighted by molar-refractivity contribution is 6.04. The summed E-state index contributed by atoms with van der Waals surface area (Å²) in [4.78, 5) is 24.1. The number of para-hydroxylation sites is 2. The monoisotopic (exact) mass is 393 g/mol. The van der Waals surface area contributed by atoms with Crippen LogP contribution < -0.4 is 20.2 Å². The molecular formula is C22H23N3O4. The molecule has 0 unspecified atom stereocenters. The Labute approximate surface area is 170 Å². The minimum Gasteiger partial charge on any atom is -0.493 e. The largest absolute Gasteiger partial charge is 0.493 e. The SMILES string of the molecule is C#CCOc1c(C=NNC(=O)CC(=O)Nc2ccccc2CC)cccc1OC. The van der Waals surface area contributed by atoms with Gasteiger partial charge in [0.25, 0.3) is 0 Å². The molecule has 0 aliphatic carbocycles. The van der Waals surface area contributed by atoms with Gasteiger partial charge in [0.15, 0.2) is 11.5 Å². The molecule has 0 heterocycles. The van der Waals surface area contributed by atoms with Gasteiger partial charge in [-0.1, -0.05) is 37.1 Å². The number of anilines is 1. The number of aryl methyl sites for hydroxylation is 1. The molecule has 0 saturated heterocycles. The maximum Gasteiger partial charge on any atom is 0.249 e. The molecule has 2 N–H and O–H groups in total. The van der Waals surface area contributed by atoms with Gasteiger partial charge in [-0.25, -0.2) is 5.43 Å². The van der Waals surface area contributed by atoms with E-state index in [1.807, 2.05) is 25.1 Å². The number of nitrogens with zero attached hydrogens (tertiary/aromatic N) is 1. The molecule has 2 amide bonds. The molecule has 2 aromatic rings. The fourth-order valence-corrected chi connectivity index (χ4v) is 2.57. The van der Waals surface area contributed by atoms with Crippen LogP contribution in [-0.4, -0.2) is 31.7 Å². The van der Waals surface area contributed by atoms with E-state index in [0.717, 1.165) is 12.0 Å². The Morgan fingerprint density at radius 1 is 1.17 bits per heavy atom. The van der Waals surface area contributed by atoms with E-state index in [0.29, 0.717) is 22.7 Å². The van der Waals surface area contributed by atoms with Crippen LogP contribution in [0.3, 0.4) is 0 Å². The molecule has 0 atom stereocenters. The predicted octanol–water partition coefficient (Wildman–Crippen LogP) is 2.75. The minimum absolute atomic E-state index is 0.0625. The lowest BCUT2D eigenvalue weighted by atomic mass is 10.1. The zero-order valence-electron chi connectivity index (χ0n) is 16.4. The highest BCUT2D eigenvalue weighted by Crippen LogP contribution is 2.29. The Hall–Kier alpha value is -3.79. The Morgan fingerprint density at radius 3 is 2.69 bits per heavy atom. The molecular weight excluding hydrogens is 370 g/mol. The van der Waals surface area contributed by atoms with Gasteiger partial charge in [-0.2, -0.15) is 5.10 Å². The van der Waals surface area contributed by atoms with Crippen molar-refractivity contribution in [3.8, 4) is 23.8 Å². The van der Waals surface area contributed by atoms with E-state index in [1.165, 1.54) is 13.3 Å². The fraction of sp³-hybridized carbons (Fsp3) is 0.227. The summed E-state index contributed by atoms with van der Waals surface area (Å²) >= 11 is 0. The van der Waals surface area contributed by atoms with E-state index < -0.39 is 11.8 Å². The lowest BCUT2D eigenvalue weighted by Crippen LogP contribution is -2.25. The first-order valence-corrected chi connectivity index (χ1v) is 9.02. The second kappa shape index (κ2) is 11.1. The van der Waals surface area contributed by atoms with E-state index in [-0.39, 0.29) is 13.0 Å². The molecule has 150 valence electrons. The van der Waals surface area contributed by atoms with E-state index >= 15 is 0 Å². The van der Waals surface area contributed by atoms with E-state index in [9.17, 15) is 9.59 Å². The van der Waals surface area contributed by atoms with Crippen LogP contribution in [0.4, 0.5) is 5.69 Å². The van der Waals surface area contributed by atoms with Crippen LogP contribution in [0.1, 0.15) is 24.5 Å². The van der Waals surface area contributed by atoms with Gasteiger partial charge in [-0.05, 0) is 30.2 Å². The van der Waals surface area contributed by atoms with E-state index in [4.69, 9.17) is 15.9 Å². The average molecular weight is 393 g/mol. The number of methoxy groups -OCH3 is 1. The fourth-order valence-electron chi connectivity index (χ4n) is 2.57. The van der Waals surface area contributed by atoms with Gasteiger partial charge in [-0.15, -0.1) is 6.42 Å². The second-order valence-corrected chi connectivity index (χ2v) is 5.90. The molecule has 0 aliphatic heterocycles. The highest BCUT2D eigenvalue weighted by Gasteiger charge is 2.11. The standard InChI is InChI=1S/C22H23N3O4/c1-4-13-29-22-17(10-8-12-19(22)28-3)15-23-25-21(27)14-20(26)24-18-11-7-6-9-16(18)5-2/h1,6-12,15H,5,13-14H2,2-3H3,(H,24,26)(H,25,27). The molecule has 2 aromatic carbocycles. The Bertz CT molecular complexity index is 932. The van der Waals surface area contributed by atoms with Crippen LogP contribution in [0.5, 0.6) is 11.5 Å². The molecule has 0 spiro atoms. The van der Waals surface area contributed by atoms with Crippen molar-refractivity contribution in [2.75, 3.05) is 19.0 Å². The van der Waals surface area contributed by atoms with Crippen molar-refractivity contribution < 1.29 is 19.1 Å². The molecule has 7 nitrogen and oxygen atoms in total. The molecule has 7 heteroatoms. The van der Waals surface area contributed by atoms with Gasteiger partial charge in [0.2, 0.25) is 11.8 Å². The Balaban J connectivity index is 1.96. The van der Waals surface area contributed by atoms with Gasteiger partial charge < -0.3 is 14.8 Å². The first-order chi connectivity index (χ1) is 14.1. The number of carbonyl (C=O) groups is 2. The van der Waals surface area contributed by atoms with Crippen LogP contribution in [0.2, 0.25) is 0 Å². The average Bonchev–Trinajstić information content (AvgIpc) is 2.72. The van der Waals surface area contributed by atoms with Gasteiger partial charge in [0.05, 0.1) is 13.3 Å². The predicted molar refractivity (Wildman–Crippen MR) is 112 cm³/mol. The topological polar surface area (TPSA) is 89.0 Å². The van der Waals surface area contributed by atoms with E-state index in [2.05, 4.69) is 21.8 Å². The van der Waals surface area contributed by atoms with Gasteiger partial charge >= 0.3 is 0 Å². The molecule has 0 aliphatic rings. The van der Waals surface area contributed by atoms with Crippen molar-refractivity contribution in [2.45, 2.75) is 19.8 Å². The summed E-state index contributed by atoms with van der Waals surface area (Å²) in [6, 6.07) is 12.7. The quantitative estimate of drug-likeness (QED) is 0.297. The van der Waals surface area contributed by atoms with Gasteiger partial charge in [-0.3, -0.25) is 9.59 Å². The van der Waals surface area contributed by atoms with Crippen LogP contribution in [0.25, 0.3) is 0 Å². The van der Waals surface area contributed by atoms with Crippen LogP contribution in [-0.2, 0) is 16.0 Å². The van der Waals surface area contributed by atoms with Crippen LogP contribution in [0, 0.1) is 12.3 Å². The zero-order valence-corrected chi connectivity index (χ0v) is 16.4. The minimum atomic E-state index is -0.540. The van der Waals surface area contributed by atoms with E-state index in [1.54, 1.807) is 24.3 Å². The third kappa shape index (κ3) is 6.40. The third-order valence-electron chi connectivity index (χ3n) is 3.92. The third-order valence-corrected chi connectivity index (χ3v) is 3.92. The number of terminal acetylenes is 1. The summed E-state index contributed by atoms with van der Waals surface area (Å²) in [6.07, 6.45) is 7.05. The van der Waals surface area contributed by atoms with Crippen molar-refractivity contribution >= 4 is 23.7 Å². The normalized spacial score (nSPS) is 10.2. The first-order valence-electron chi connectivity index (χ1n) is 9.02. The molecule has 0 aromatic heterocycles. The van der Waals surface area contributed by atoms with Gasteiger partial charge in [0, 0.05) is 11.3 Å². The number of hydrogen-bond donors (Lipinski definition) is 2. The smallest absolute Gasteiger partial charge is 0.249 e. The zero-order chi connectivity index (χ0) is 21.1. The molecule has 0 fully saturated rings. The Morgan fingerprint density at radius 2 is 1.97 bits per heavy atom. The summed E-state index contributed by atoms with van der Waals surface area (Å²) in [5, 5.41) is 6.63. The van der Waals surface area contributed by atoms with Crippen molar-refractivity contribution in [3.63, 3.8) is 0 Å². The number of ether oxygens (including phenoxy) is 2. The first kappa shape index (κ1) is 21.5. The molecule has 0 bridgehead atoms. The Kier molecular flexibility index (Phi) is 8.27. The second-order valence-electron chi connectivity index (χ2n) is 5.90. The summed E-state index contributed by atoms with van der Waals surface area (Å²) in [7, 11) is 1.51. The number of rotatable bonds is 9. The summed E-state index contributed by atoms with van der Waals surface area (Å²) in [5.74, 6) is 2.33. The number of nitrogens with one attached hydrogen (secondary N) is 2. The van der Waals surface area contributed by atoms with Gasteiger partial charge in [0.1, 0.15) is 13.0 Å². The van der Waals surface area contributed by atoms with Crippen LogP contribution >= 0.6 is 0 Å². The number of hydrazone groups is 1. The number of amides is 2. The lowest BCUT2D eigenvalue weighted by molar-refractivity contribution is -0.126. The highest BCUT2D eigenvalue weighted by atomic mass is 16.5. The summed E-state index contributed by atoms with van der Waals surface area (Å²) < 4.78 is 10.7.